The van der Waals surface area contributed by atoms with Crippen LogP contribution < -0.4 is 4.90 Å². The van der Waals surface area contributed by atoms with Crippen molar-refractivity contribution in [2.75, 3.05) is 31.1 Å². The van der Waals surface area contributed by atoms with Crippen LogP contribution in [0.15, 0.2) is 29.6 Å². The SMILES string of the molecule is Cc1csc(CN2CCN(C(=O)c3ccc(N4C(=O)CCC4=O)cc3)CC2)n1. The van der Waals surface area contributed by atoms with Gasteiger partial charge in [-0.25, -0.2) is 4.98 Å². The van der Waals surface area contributed by atoms with Crippen molar-refractivity contribution in [1.82, 2.24) is 14.8 Å². The van der Waals surface area contributed by atoms with E-state index in [9.17, 15) is 14.4 Å². The Labute approximate surface area is 167 Å². The molecule has 3 heterocycles. The fourth-order valence-electron chi connectivity index (χ4n) is 3.58. The van der Waals surface area contributed by atoms with E-state index in [-0.39, 0.29) is 30.6 Å². The molecule has 0 bridgehead atoms. The van der Waals surface area contributed by atoms with Crippen molar-refractivity contribution in [3.63, 3.8) is 0 Å². The van der Waals surface area contributed by atoms with Crippen molar-refractivity contribution in [3.8, 4) is 0 Å². The number of nitrogens with zero attached hydrogens (tertiary/aromatic N) is 4. The molecule has 2 aliphatic rings. The molecular formula is C20H22N4O3S. The van der Waals surface area contributed by atoms with Gasteiger partial charge in [-0.3, -0.25) is 24.2 Å². The van der Waals surface area contributed by atoms with Gasteiger partial charge in [-0.15, -0.1) is 11.3 Å². The normalized spacial score (nSPS) is 18.2. The van der Waals surface area contributed by atoms with E-state index in [1.54, 1.807) is 35.6 Å². The predicted molar refractivity (Wildman–Crippen MR) is 106 cm³/mol. The number of aromatic nitrogens is 1. The van der Waals surface area contributed by atoms with Gasteiger partial charge in [0.1, 0.15) is 5.01 Å². The lowest BCUT2D eigenvalue weighted by Gasteiger charge is -2.34. The van der Waals surface area contributed by atoms with E-state index in [1.165, 1.54) is 4.90 Å². The third-order valence-electron chi connectivity index (χ3n) is 5.11. The Morgan fingerprint density at radius 2 is 1.68 bits per heavy atom. The number of anilines is 1. The first kappa shape index (κ1) is 18.8. The Balaban J connectivity index is 1.35. The zero-order valence-electron chi connectivity index (χ0n) is 15.8. The van der Waals surface area contributed by atoms with Crippen LogP contribution in [0.5, 0.6) is 0 Å². The van der Waals surface area contributed by atoms with Gasteiger partial charge in [0.2, 0.25) is 11.8 Å². The first-order valence-electron chi connectivity index (χ1n) is 9.40. The summed E-state index contributed by atoms with van der Waals surface area (Å²) >= 11 is 1.67. The standard InChI is InChI=1S/C20H22N4O3S/c1-14-13-28-17(21-14)12-22-8-10-23(11-9-22)20(27)15-2-4-16(5-3-15)24-18(25)6-7-19(24)26/h2-5,13H,6-12H2,1H3. The molecule has 1 aromatic heterocycles. The number of hydrogen-bond donors (Lipinski definition) is 0. The van der Waals surface area contributed by atoms with E-state index < -0.39 is 0 Å². The van der Waals surface area contributed by atoms with E-state index in [4.69, 9.17) is 0 Å². The maximum absolute atomic E-state index is 12.8. The highest BCUT2D eigenvalue weighted by Gasteiger charge is 2.30. The van der Waals surface area contributed by atoms with E-state index in [2.05, 4.69) is 15.3 Å². The summed E-state index contributed by atoms with van der Waals surface area (Å²) in [6, 6.07) is 6.74. The Morgan fingerprint density at radius 3 is 2.25 bits per heavy atom. The maximum Gasteiger partial charge on any atom is 0.253 e. The highest BCUT2D eigenvalue weighted by atomic mass is 32.1. The first-order chi connectivity index (χ1) is 13.5. The lowest BCUT2D eigenvalue weighted by Crippen LogP contribution is -2.48. The van der Waals surface area contributed by atoms with Crippen LogP contribution in [0.25, 0.3) is 0 Å². The minimum Gasteiger partial charge on any atom is -0.336 e. The minimum absolute atomic E-state index is 0.0182. The van der Waals surface area contributed by atoms with Gasteiger partial charge in [0.15, 0.2) is 0 Å². The number of hydrogen-bond acceptors (Lipinski definition) is 6. The fourth-order valence-corrected chi connectivity index (χ4v) is 4.39. The van der Waals surface area contributed by atoms with Crippen LogP contribution in [0.3, 0.4) is 0 Å². The first-order valence-corrected chi connectivity index (χ1v) is 10.3. The van der Waals surface area contributed by atoms with E-state index in [0.29, 0.717) is 24.3 Å². The Hall–Kier alpha value is -2.58. The second-order valence-electron chi connectivity index (χ2n) is 7.12. The third kappa shape index (κ3) is 3.83. The van der Waals surface area contributed by atoms with Crippen molar-refractivity contribution in [1.29, 1.82) is 0 Å². The zero-order chi connectivity index (χ0) is 19.7. The summed E-state index contributed by atoms with van der Waals surface area (Å²) in [7, 11) is 0. The molecule has 8 heteroatoms. The van der Waals surface area contributed by atoms with Gasteiger partial charge in [-0.05, 0) is 31.2 Å². The van der Waals surface area contributed by atoms with Crippen LogP contribution in [0.2, 0.25) is 0 Å². The molecule has 2 fully saturated rings. The van der Waals surface area contributed by atoms with Crippen LogP contribution >= 0.6 is 11.3 Å². The molecule has 4 rings (SSSR count). The Bertz CT molecular complexity index is 884. The highest BCUT2D eigenvalue weighted by Crippen LogP contribution is 2.23. The van der Waals surface area contributed by atoms with Crippen LogP contribution in [0.1, 0.15) is 33.9 Å². The number of carbonyl (C=O) groups excluding carboxylic acids is 3. The van der Waals surface area contributed by atoms with E-state index >= 15 is 0 Å². The molecule has 1 aromatic carbocycles. The smallest absolute Gasteiger partial charge is 0.253 e. The molecular weight excluding hydrogens is 376 g/mol. The second-order valence-corrected chi connectivity index (χ2v) is 8.06. The second kappa shape index (κ2) is 7.81. The van der Waals surface area contributed by atoms with Gasteiger partial charge in [0, 0.05) is 55.7 Å². The van der Waals surface area contributed by atoms with Crippen LogP contribution in [-0.2, 0) is 16.1 Å². The molecule has 0 radical (unpaired) electrons. The molecule has 0 spiro atoms. The molecule has 0 aliphatic carbocycles. The lowest BCUT2D eigenvalue weighted by atomic mass is 10.1. The number of imide groups is 1. The monoisotopic (exact) mass is 398 g/mol. The quantitative estimate of drug-likeness (QED) is 0.737. The number of piperazine rings is 1. The minimum atomic E-state index is -0.185. The largest absolute Gasteiger partial charge is 0.336 e. The van der Waals surface area contributed by atoms with E-state index in [0.717, 1.165) is 30.3 Å². The number of rotatable bonds is 4. The number of thiazole rings is 1. The predicted octanol–water partition coefficient (Wildman–Crippen LogP) is 2.06. The van der Waals surface area contributed by atoms with Crippen molar-refractivity contribution in [3.05, 3.63) is 45.9 Å². The molecule has 7 nitrogen and oxygen atoms in total. The molecule has 2 aromatic rings. The van der Waals surface area contributed by atoms with Crippen LogP contribution in [-0.4, -0.2) is 58.7 Å². The van der Waals surface area contributed by atoms with Crippen molar-refractivity contribution >= 4 is 34.7 Å². The third-order valence-corrected chi connectivity index (χ3v) is 6.06. The topological polar surface area (TPSA) is 73.8 Å². The summed E-state index contributed by atoms with van der Waals surface area (Å²) in [5.41, 5.74) is 2.16. The number of carbonyl (C=O) groups is 3. The van der Waals surface area contributed by atoms with Gasteiger partial charge in [0.25, 0.3) is 5.91 Å². The van der Waals surface area contributed by atoms with Crippen LogP contribution in [0, 0.1) is 6.92 Å². The lowest BCUT2D eigenvalue weighted by molar-refractivity contribution is -0.121. The molecule has 2 aliphatic heterocycles. The summed E-state index contributed by atoms with van der Waals surface area (Å²) in [6.07, 6.45) is 0.509. The summed E-state index contributed by atoms with van der Waals surface area (Å²) in [4.78, 5) is 46.3. The summed E-state index contributed by atoms with van der Waals surface area (Å²) in [5.74, 6) is -0.387. The van der Waals surface area contributed by atoms with Crippen molar-refractivity contribution < 1.29 is 14.4 Å². The summed E-state index contributed by atoms with van der Waals surface area (Å²) < 4.78 is 0. The van der Waals surface area contributed by atoms with Gasteiger partial charge in [-0.2, -0.15) is 0 Å². The molecule has 28 heavy (non-hydrogen) atoms. The van der Waals surface area contributed by atoms with Gasteiger partial charge in [0.05, 0.1) is 12.2 Å². The number of aryl methyl sites for hydroxylation is 1. The molecule has 3 amide bonds. The molecule has 0 unspecified atom stereocenters. The molecule has 0 saturated carbocycles. The molecule has 146 valence electrons. The Morgan fingerprint density at radius 1 is 1.04 bits per heavy atom. The molecule has 0 N–H and O–H groups in total. The molecule has 2 saturated heterocycles. The highest BCUT2D eigenvalue weighted by molar-refractivity contribution is 7.09. The zero-order valence-corrected chi connectivity index (χ0v) is 16.6. The maximum atomic E-state index is 12.8. The van der Waals surface area contributed by atoms with E-state index in [1.807, 2.05) is 11.8 Å². The molecule has 0 atom stereocenters. The fraction of sp³-hybridized carbons (Fsp3) is 0.400. The van der Waals surface area contributed by atoms with Gasteiger partial charge in [-0.1, -0.05) is 0 Å². The number of amides is 3. The van der Waals surface area contributed by atoms with Gasteiger partial charge >= 0.3 is 0 Å². The van der Waals surface area contributed by atoms with Crippen molar-refractivity contribution in [2.45, 2.75) is 26.3 Å². The average molecular weight is 398 g/mol. The summed E-state index contributed by atoms with van der Waals surface area (Å²) in [6.45, 7) is 5.81. The van der Waals surface area contributed by atoms with Crippen LogP contribution in [0.4, 0.5) is 5.69 Å². The van der Waals surface area contributed by atoms with Crippen molar-refractivity contribution in [2.24, 2.45) is 0 Å². The van der Waals surface area contributed by atoms with Gasteiger partial charge < -0.3 is 4.90 Å². The number of benzene rings is 1. The summed E-state index contributed by atoms with van der Waals surface area (Å²) in [5, 5.41) is 3.17. The Kier molecular flexibility index (Phi) is 5.23. The average Bonchev–Trinajstić information content (AvgIpc) is 3.26.